The van der Waals surface area contributed by atoms with Crippen molar-refractivity contribution in [3.8, 4) is 5.75 Å². The van der Waals surface area contributed by atoms with Crippen LogP contribution in [0, 0.1) is 24.4 Å². The number of pyridine rings is 1. The molecule has 3 N–H and O–H groups in total. The van der Waals surface area contributed by atoms with E-state index in [2.05, 4.69) is 59.7 Å². The van der Waals surface area contributed by atoms with Crippen molar-refractivity contribution >= 4 is 64.0 Å². The number of rotatable bonds is 15. The third-order valence-corrected chi connectivity index (χ3v) is 14.9. The van der Waals surface area contributed by atoms with Gasteiger partial charge in [0, 0.05) is 110 Å². The minimum Gasteiger partial charge on any atom is -0.492 e. The van der Waals surface area contributed by atoms with E-state index in [-0.39, 0.29) is 23.9 Å². The summed E-state index contributed by atoms with van der Waals surface area (Å²) in [6.07, 6.45) is 5.82. The van der Waals surface area contributed by atoms with Crippen LogP contribution < -0.4 is 30.9 Å². The summed E-state index contributed by atoms with van der Waals surface area (Å²) in [4.78, 5) is 45.1. The first-order chi connectivity index (χ1) is 32.1. The lowest BCUT2D eigenvalue weighted by molar-refractivity contribution is -0.134. The fourth-order valence-corrected chi connectivity index (χ4v) is 11.2. The number of aryl methyl sites for hydroxylation is 3. The fraction of sp³-hybridized carbons (Fsp3) is 0.460. The number of aromatic nitrogens is 3. The van der Waals surface area contributed by atoms with Crippen LogP contribution in [-0.2, 0) is 33.4 Å². The molecule has 2 amide bonds. The highest BCUT2D eigenvalue weighted by molar-refractivity contribution is 7.71. The summed E-state index contributed by atoms with van der Waals surface area (Å²) in [5, 5.41) is 9.90. The SMILES string of the molecule is CCOc1cc(N2CCC(N3CCN(CCc4cc(F)c([C@H]5CCC(=O)NC5=O)c(F)c4)CC3)CC2)c(CC)cc1Nc1ncc(C)c(Nc2cc(F)c3nc(CC)ccc3c2P(C)(C)=O)n1. The summed E-state index contributed by atoms with van der Waals surface area (Å²) in [6.45, 7) is 17.8. The first kappa shape index (κ1) is 47.9. The Morgan fingerprint density at radius 1 is 0.851 bits per heavy atom. The van der Waals surface area contributed by atoms with Gasteiger partial charge in [-0.15, -0.1) is 0 Å². The number of piperazine rings is 1. The van der Waals surface area contributed by atoms with Crippen LogP contribution in [0.2, 0.25) is 0 Å². The molecular weight excluding hydrogens is 879 g/mol. The van der Waals surface area contributed by atoms with Gasteiger partial charge >= 0.3 is 0 Å². The molecule has 8 rings (SSSR count). The number of anilines is 5. The Morgan fingerprint density at radius 3 is 2.24 bits per heavy atom. The molecule has 356 valence electrons. The summed E-state index contributed by atoms with van der Waals surface area (Å²) < 4.78 is 65.9. The Balaban J connectivity index is 0.894. The number of amides is 2. The van der Waals surface area contributed by atoms with Crippen LogP contribution in [0.25, 0.3) is 10.9 Å². The van der Waals surface area contributed by atoms with Crippen molar-refractivity contribution in [1.29, 1.82) is 0 Å². The highest BCUT2D eigenvalue weighted by Gasteiger charge is 2.33. The predicted molar refractivity (Wildman–Crippen MR) is 259 cm³/mol. The molecule has 3 aliphatic heterocycles. The number of benzene rings is 3. The van der Waals surface area contributed by atoms with Crippen LogP contribution in [0.3, 0.4) is 0 Å². The predicted octanol–water partition coefficient (Wildman–Crippen LogP) is 8.36. The van der Waals surface area contributed by atoms with E-state index in [0.717, 1.165) is 86.7 Å². The number of imide groups is 1. The Hall–Kier alpha value is -5.57. The lowest BCUT2D eigenvalue weighted by atomic mass is 9.89. The van der Waals surface area contributed by atoms with E-state index in [1.54, 1.807) is 25.6 Å². The Kier molecular flexibility index (Phi) is 14.5. The molecule has 3 saturated heterocycles. The van der Waals surface area contributed by atoms with Crippen LogP contribution in [0.4, 0.5) is 42.0 Å². The lowest BCUT2D eigenvalue weighted by Gasteiger charge is -2.43. The molecule has 3 aliphatic rings. The maximum Gasteiger partial charge on any atom is 0.234 e. The molecule has 1 atom stereocenters. The van der Waals surface area contributed by atoms with E-state index < -0.39 is 42.3 Å². The number of nitrogens with one attached hydrogen (secondary N) is 3. The molecule has 0 aliphatic carbocycles. The van der Waals surface area contributed by atoms with Crippen LogP contribution >= 0.6 is 7.14 Å². The fourth-order valence-electron chi connectivity index (χ4n) is 9.79. The van der Waals surface area contributed by atoms with Crippen LogP contribution in [0.15, 0.2) is 48.7 Å². The summed E-state index contributed by atoms with van der Waals surface area (Å²) in [5.74, 6) is -2.61. The zero-order valence-corrected chi connectivity index (χ0v) is 40.2. The second kappa shape index (κ2) is 20.3. The van der Waals surface area contributed by atoms with E-state index in [0.29, 0.717) is 71.5 Å². The lowest BCUT2D eigenvalue weighted by Crippen LogP contribution is -2.53. The molecule has 3 fully saturated rings. The summed E-state index contributed by atoms with van der Waals surface area (Å²) in [7, 11) is -2.92. The minimum absolute atomic E-state index is 0.0587. The van der Waals surface area contributed by atoms with Crippen molar-refractivity contribution in [3.63, 3.8) is 0 Å². The van der Waals surface area contributed by atoms with Crippen molar-refractivity contribution in [2.45, 2.75) is 84.6 Å². The topological polar surface area (TPSA) is 145 Å². The number of halogens is 3. The maximum absolute atomic E-state index is 15.6. The first-order valence-electron chi connectivity index (χ1n) is 23.5. The van der Waals surface area contributed by atoms with E-state index >= 15 is 13.2 Å². The monoisotopic (exact) mass is 939 g/mol. The van der Waals surface area contributed by atoms with E-state index in [9.17, 15) is 14.2 Å². The Labute approximate surface area is 390 Å². The highest BCUT2D eigenvalue weighted by Crippen LogP contribution is 2.43. The zero-order valence-electron chi connectivity index (χ0n) is 39.3. The van der Waals surface area contributed by atoms with Gasteiger partial charge in [0.05, 0.1) is 23.9 Å². The number of fused-ring (bicyclic) bond motifs is 1. The molecule has 17 heteroatoms. The molecule has 13 nitrogen and oxygen atoms in total. The molecule has 0 radical (unpaired) electrons. The van der Waals surface area contributed by atoms with Gasteiger partial charge in [0.2, 0.25) is 17.8 Å². The summed E-state index contributed by atoms with van der Waals surface area (Å²) >= 11 is 0. The molecule has 2 aromatic heterocycles. The van der Waals surface area contributed by atoms with E-state index in [1.807, 2.05) is 26.8 Å². The molecular formula is C50H61F3N9O4P. The molecule has 0 spiro atoms. The molecule has 67 heavy (non-hydrogen) atoms. The Bertz CT molecular complexity index is 2690. The van der Waals surface area contributed by atoms with E-state index in [1.165, 1.54) is 18.2 Å². The molecule has 5 heterocycles. The summed E-state index contributed by atoms with van der Waals surface area (Å²) in [6, 6.07) is 12.3. The van der Waals surface area contributed by atoms with E-state index in [4.69, 9.17) is 9.72 Å². The van der Waals surface area contributed by atoms with Crippen LogP contribution in [0.1, 0.15) is 80.3 Å². The van der Waals surface area contributed by atoms with Crippen LogP contribution in [0.5, 0.6) is 5.75 Å². The quantitative estimate of drug-likeness (QED) is 0.0686. The highest BCUT2D eigenvalue weighted by atomic mass is 31.2. The average Bonchev–Trinajstić information content (AvgIpc) is 3.30. The van der Waals surface area contributed by atoms with Crippen molar-refractivity contribution < 1.29 is 32.1 Å². The second-order valence-electron chi connectivity index (χ2n) is 18.2. The first-order valence-corrected chi connectivity index (χ1v) is 26.1. The van der Waals surface area contributed by atoms with Crippen molar-refractivity contribution in [2.24, 2.45) is 0 Å². The van der Waals surface area contributed by atoms with Gasteiger partial charge in [-0.1, -0.05) is 19.9 Å². The number of carbonyl (C=O) groups is 2. The molecule has 0 unspecified atom stereocenters. The van der Waals surface area contributed by atoms with Crippen LogP contribution in [-0.4, -0.2) is 108 Å². The van der Waals surface area contributed by atoms with Gasteiger partial charge in [-0.25, -0.2) is 23.1 Å². The molecule has 0 saturated carbocycles. The normalized spacial score (nSPS) is 17.8. The number of nitrogens with zero attached hydrogens (tertiary/aromatic N) is 6. The molecule has 5 aromatic rings. The second-order valence-corrected chi connectivity index (χ2v) is 21.4. The average molecular weight is 940 g/mol. The van der Waals surface area contributed by atoms with Gasteiger partial charge < -0.3 is 29.7 Å². The number of hydrogen-bond acceptors (Lipinski definition) is 12. The van der Waals surface area contributed by atoms with Gasteiger partial charge in [0.15, 0.2) is 5.82 Å². The third-order valence-electron chi connectivity index (χ3n) is 13.4. The minimum atomic E-state index is -2.92. The third kappa shape index (κ3) is 10.6. The largest absolute Gasteiger partial charge is 0.492 e. The number of ether oxygens (including phenoxy) is 1. The molecule has 0 bridgehead atoms. The van der Waals surface area contributed by atoms with Crippen molar-refractivity contribution in [2.75, 3.05) is 81.3 Å². The number of hydrogen-bond donors (Lipinski definition) is 3. The van der Waals surface area contributed by atoms with Gasteiger partial charge in [-0.2, -0.15) is 4.98 Å². The standard InChI is InChI=1S/C50H61F3N9O4P/c1-7-32-26-40(57-50-54-29-30(4)48(59-50)56-41-27-39(53)46-36(47(41)67(5,6)65)11-10-33(8-2)55-46)43(66-9-3)28-42(32)62-18-15-34(16-19-62)61-22-20-60(21-23-61)17-14-31-24-37(51)45(38(52)25-31)35-12-13-44(63)58-49(35)64/h10-11,24-29,34-35H,7-9,12-23H2,1-6H3,(H,58,63,64)(H2,54,56,57,59)/t35-/m1/s1. The van der Waals surface area contributed by atoms with Gasteiger partial charge in [-0.05, 0) is 101 Å². The van der Waals surface area contributed by atoms with Gasteiger partial charge in [-0.3, -0.25) is 19.8 Å². The maximum atomic E-state index is 15.6. The zero-order chi connectivity index (χ0) is 47.6. The number of piperidine rings is 2. The number of carbonyl (C=O) groups excluding carboxylic acids is 2. The smallest absolute Gasteiger partial charge is 0.234 e. The Morgan fingerprint density at radius 2 is 1.58 bits per heavy atom. The van der Waals surface area contributed by atoms with Crippen molar-refractivity contribution in [1.82, 2.24) is 30.1 Å². The van der Waals surface area contributed by atoms with Gasteiger partial charge in [0.1, 0.15) is 35.9 Å². The van der Waals surface area contributed by atoms with Crippen molar-refractivity contribution in [3.05, 3.63) is 94.1 Å². The molecule has 3 aromatic carbocycles. The van der Waals surface area contributed by atoms with Gasteiger partial charge in [0.25, 0.3) is 0 Å². The summed E-state index contributed by atoms with van der Waals surface area (Å²) in [5.41, 5.74) is 5.37.